The largest absolute Gasteiger partial charge is 0.317 e. The molecule has 2 rings (SSSR count). The molecule has 0 spiro atoms. The van der Waals surface area contributed by atoms with Gasteiger partial charge in [0.05, 0.1) is 0 Å². The fourth-order valence-corrected chi connectivity index (χ4v) is 2.98. The van der Waals surface area contributed by atoms with Gasteiger partial charge in [-0.3, -0.25) is 0 Å². The lowest BCUT2D eigenvalue weighted by Gasteiger charge is -2.25. The first kappa shape index (κ1) is 14.5. The summed E-state index contributed by atoms with van der Waals surface area (Å²) in [5.41, 5.74) is 3.16. The van der Waals surface area contributed by atoms with E-state index in [0.717, 1.165) is 32.1 Å². The first-order chi connectivity index (χ1) is 9.42. The van der Waals surface area contributed by atoms with E-state index in [0.29, 0.717) is 0 Å². The molecule has 106 valence electrons. The zero-order valence-electron chi connectivity index (χ0n) is 12.3. The predicted octanol–water partition coefficient (Wildman–Crippen LogP) is 3.09. The van der Waals surface area contributed by atoms with Crippen molar-refractivity contribution in [1.29, 1.82) is 0 Å². The predicted molar refractivity (Wildman–Crippen MR) is 82.8 cm³/mol. The molecule has 19 heavy (non-hydrogen) atoms. The fourth-order valence-electron chi connectivity index (χ4n) is 2.98. The molecular weight excluding hydrogens is 232 g/mol. The Morgan fingerprint density at radius 1 is 1.11 bits per heavy atom. The van der Waals surface area contributed by atoms with Crippen molar-refractivity contribution in [3.8, 4) is 0 Å². The average Bonchev–Trinajstić information content (AvgIpc) is 2.46. The Balaban J connectivity index is 1.67. The summed E-state index contributed by atoms with van der Waals surface area (Å²) >= 11 is 0. The Labute approximate surface area is 118 Å². The van der Waals surface area contributed by atoms with Gasteiger partial charge in [-0.15, -0.1) is 0 Å². The van der Waals surface area contributed by atoms with Gasteiger partial charge in [0.1, 0.15) is 0 Å². The molecule has 0 saturated carbocycles. The molecule has 1 atom stereocenters. The minimum atomic E-state index is 0.730. The number of rotatable bonds is 8. The zero-order chi connectivity index (χ0) is 13.3. The maximum Gasteiger partial charge on any atom is 0.00202 e. The standard InChI is InChI=1S/C17H28N2/c1-2-11-18-12-6-13-19-14-16-9-5-8-15-7-3-4-10-17(15)16/h3-4,7,10,16,18-19H,2,5-6,8-9,11-14H2,1H3. The Kier molecular flexibility index (Phi) is 6.38. The van der Waals surface area contributed by atoms with Crippen LogP contribution in [0, 0.1) is 0 Å². The molecule has 1 aliphatic rings. The summed E-state index contributed by atoms with van der Waals surface area (Å²) < 4.78 is 0. The average molecular weight is 260 g/mol. The van der Waals surface area contributed by atoms with Gasteiger partial charge in [0.25, 0.3) is 0 Å². The van der Waals surface area contributed by atoms with Gasteiger partial charge in [0, 0.05) is 6.54 Å². The van der Waals surface area contributed by atoms with Gasteiger partial charge in [-0.1, -0.05) is 31.2 Å². The summed E-state index contributed by atoms with van der Waals surface area (Å²) in [6, 6.07) is 8.99. The molecule has 0 saturated heterocycles. The van der Waals surface area contributed by atoms with Crippen LogP contribution in [-0.2, 0) is 6.42 Å². The third-order valence-corrected chi connectivity index (χ3v) is 4.02. The Morgan fingerprint density at radius 3 is 2.84 bits per heavy atom. The monoisotopic (exact) mass is 260 g/mol. The first-order valence-corrected chi connectivity index (χ1v) is 7.91. The lowest BCUT2D eigenvalue weighted by Crippen LogP contribution is -2.27. The van der Waals surface area contributed by atoms with Crippen molar-refractivity contribution in [3.05, 3.63) is 35.4 Å². The van der Waals surface area contributed by atoms with Crippen LogP contribution in [0.4, 0.5) is 0 Å². The van der Waals surface area contributed by atoms with Gasteiger partial charge in [0.2, 0.25) is 0 Å². The number of nitrogens with one attached hydrogen (secondary N) is 2. The van der Waals surface area contributed by atoms with E-state index in [4.69, 9.17) is 0 Å². The molecule has 2 heteroatoms. The van der Waals surface area contributed by atoms with Crippen LogP contribution in [0.15, 0.2) is 24.3 Å². The van der Waals surface area contributed by atoms with E-state index in [2.05, 4.69) is 41.8 Å². The van der Waals surface area contributed by atoms with Crippen LogP contribution >= 0.6 is 0 Å². The van der Waals surface area contributed by atoms with Crippen LogP contribution in [0.1, 0.15) is 49.7 Å². The molecule has 1 aliphatic carbocycles. The number of aryl methyl sites for hydroxylation is 1. The van der Waals surface area contributed by atoms with Crippen LogP contribution in [0.2, 0.25) is 0 Å². The van der Waals surface area contributed by atoms with Gasteiger partial charge in [-0.05, 0) is 68.8 Å². The Hall–Kier alpha value is -0.860. The molecule has 2 nitrogen and oxygen atoms in total. The topological polar surface area (TPSA) is 24.1 Å². The first-order valence-electron chi connectivity index (χ1n) is 7.91. The zero-order valence-corrected chi connectivity index (χ0v) is 12.3. The molecule has 0 fully saturated rings. The maximum atomic E-state index is 3.63. The van der Waals surface area contributed by atoms with Crippen molar-refractivity contribution in [2.45, 2.75) is 44.9 Å². The normalized spacial score (nSPS) is 18.3. The molecular formula is C17H28N2. The van der Waals surface area contributed by atoms with Crippen LogP contribution < -0.4 is 10.6 Å². The highest BCUT2D eigenvalue weighted by Crippen LogP contribution is 2.30. The highest BCUT2D eigenvalue weighted by Gasteiger charge is 2.18. The smallest absolute Gasteiger partial charge is 0.00202 e. The van der Waals surface area contributed by atoms with Crippen LogP contribution in [0.25, 0.3) is 0 Å². The SMILES string of the molecule is CCCNCCCNCC1CCCc2ccccc21. The molecule has 1 aromatic rings. The van der Waals surface area contributed by atoms with Crippen molar-refractivity contribution in [2.24, 2.45) is 0 Å². The molecule has 0 radical (unpaired) electrons. The third-order valence-electron chi connectivity index (χ3n) is 4.02. The molecule has 1 unspecified atom stereocenters. The molecule has 1 aromatic carbocycles. The van der Waals surface area contributed by atoms with Crippen molar-refractivity contribution >= 4 is 0 Å². The highest BCUT2D eigenvalue weighted by atomic mass is 14.9. The van der Waals surface area contributed by atoms with E-state index in [1.807, 2.05) is 0 Å². The minimum Gasteiger partial charge on any atom is -0.317 e. The van der Waals surface area contributed by atoms with E-state index in [1.165, 1.54) is 32.1 Å². The van der Waals surface area contributed by atoms with Gasteiger partial charge in [-0.2, -0.15) is 0 Å². The van der Waals surface area contributed by atoms with Crippen molar-refractivity contribution in [1.82, 2.24) is 10.6 Å². The summed E-state index contributed by atoms with van der Waals surface area (Å²) in [6.45, 7) is 6.78. The van der Waals surface area contributed by atoms with Crippen LogP contribution in [0.5, 0.6) is 0 Å². The second-order valence-corrected chi connectivity index (χ2v) is 5.60. The maximum absolute atomic E-state index is 3.63. The Morgan fingerprint density at radius 2 is 1.95 bits per heavy atom. The third kappa shape index (κ3) is 4.63. The summed E-state index contributed by atoms with van der Waals surface area (Å²) in [7, 11) is 0. The Bertz CT molecular complexity index is 362. The minimum absolute atomic E-state index is 0.730. The molecule has 0 bridgehead atoms. The van der Waals surface area contributed by atoms with E-state index >= 15 is 0 Å². The van der Waals surface area contributed by atoms with E-state index in [1.54, 1.807) is 11.1 Å². The van der Waals surface area contributed by atoms with Crippen molar-refractivity contribution in [2.75, 3.05) is 26.2 Å². The molecule has 0 amide bonds. The lowest BCUT2D eigenvalue weighted by molar-refractivity contribution is 0.498. The van der Waals surface area contributed by atoms with Gasteiger partial charge in [0.15, 0.2) is 0 Å². The van der Waals surface area contributed by atoms with Crippen LogP contribution in [0.3, 0.4) is 0 Å². The van der Waals surface area contributed by atoms with Gasteiger partial charge >= 0.3 is 0 Å². The molecule has 2 N–H and O–H groups in total. The number of hydrogen-bond acceptors (Lipinski definition) is 2. The van der Waals surface area contributed by atoms with Crippen molar-refractivity contribution < 1.29 is 0 Å². The molecule has 0 aliphatic heterocycles. The quantitative estimate of drug-likeness (QED) is 0.702. The van der Waals surface area contributed by atoms with E-state index in [9.17, 15) is 0 Å². The van der Waals surface area contributed by atoms with Gasteiger partial charge < -0.3 is 10.6 Å². The van der Waals surface area contributed by atoms with Crippen molar-refractivity contribution in [3.63, 3.8) is 0 Å². The lowest BCUT2D eigenvalue weighted by atomic mass is 9.83. The summed E-state index contributed by atoms with van der Waals surface area (Å²) in [4.78, 5) is 0. The number of hydrogen-bond donors (Lipinski definition) is 2. The second-order valence-electron chi connectivity index (χ2n) is 5.60. The second kappa shape index (κ2) is 8.34. The fraction of sp³-hybridized carbons (Fsp3) is 0.647. The highest BCUT2D eigenvalue weighted by molar-refractivity contribution is 5.32. The van der Waals surface area contributed by atoms with Gasteiger partial charge in [-0.25, -0.2) is 0 Å². The number of benzene rings is 1. The van der Waals surface area contributed by atoms with E-state index in [-0.39, 0.29) is 0 Å². The summed E-state index contributed by atoms with van der Waals surface area (Å²) in [5.74, 6) is 0.730. The number of fused-ring (bicyclic) bond motifs is 1. The van der Waals surface area contributed by atoms with Crippen LogP contribution in [-0.4, -0.2) is 26.2 Å². The van der Waals surface area contributed by atoms with E-state index < -0.39 is 0 Å². The molecule has 0 heterocycles. The summed E-state index contributed by atoms with van der Waals surface area (Å²) in [5, 5.41) is 7.08. The summed E-state index contributed by atoms with van der Waals surface area (Å²) in [6.07, 6.45) is 6.42. The molecule has 0 aromatic heterocycles.